The van der Waals surface area contributed by atoms with E-state index in [-0.39, 0.29) is 5.76 Å². The van der Waals surface area contributed by atoms with Crippen LogP contribution in [0.5, 0.6) is 0 Å². The van der Waals surface area contributed by atoms with E-state index in [1.165, 1.54) is 12.8 Å². The average molecular weight is 245 g/mol. The monoisotopic (exact) mass is 245 g/mol. The SMILES string of the molecule is OC(O)c1cc2ccc(N3CC4(CC4)C3)cc2o1. The Morgan fingerprint density at radius 1 is 1.17 bits per heavy atom. The molecule has 0 amide bonds. The van der Waals surface area contributed by atoms with Crippen molar-refractivity contribution >= 4 is 16.7 Å². The second-order valence-corrected chi connectivity index (χ2v) is 5.60. The summed E-state index contributed by atoms with van der Waals surface area (Å²) in [6, 6.07) is 7.69. The van der Waals surface area contributed by atoms with E-state index in [0.717, 1.165) is 24.2 Å². The second kappa shape index (κ2) is 3.28. The summed E-state index contributed by atoms with van der Waals surface area (Å²) in [5.74, 6) is 0.199. The summed E-state index contributed by atoms with van der Waals surface area (Å²) in [6.07, 6.45) is 1.19. The van der Waals surface area contributed by atoms with Crippen molar-refractivity contribution in [3.05, 3.63) is 30.0 Å². The van der Waals surface area contributed by atoms with Gasteiger partial charge in [-0.05, 0) is 31.0 Å². The molecule has 1 aromatic carbocycles. The number of furan rings is 1. The molecule has 2 fully saturated rings. The van der Waals surface area contributed by atoms with Crippen molar-refractivity contribution in [1.29, 1.82) is 0 Å². The van der Waals surface area contributed by atoms with Crippen LogP contribution in [0.25, 0.3) is 11.0 Å². The van der Waals surface area contributed by atoms with Gasteiger partial charge < -0.3 is 19.5 Å². The molecule has 1 saturated heterocycles. The van der Waals surface area contributed by atoms with Crippen LogP contribution in [-0.2, 0) is 0 Å². The Bertz CT molecular complexity index is 605. The van der Waals surface area contributed by atoms with Gasteiger partial charge in [0.2, 0.25) is 6.29 Å². The highest BCUT2D eigenvalue weighted by Gasteiger charge is 2.52. The molecule has 18 heavy (non-hydrogen) atoms. The van der Waals surface area contributed by atoms with E-state index in [1.54, 1.807) is 6.07 Å². The fourth-order valence-corrected chi connectivity index (χ4v) is 2.80. The van der Waals surface area contributed by atoms with Gasteiger partial charge in [0.1, 0.15) is 5.58 Å². The summed E-state index contributed by atoms with van der Waals surface area (Å²) in [4.78, 5) is 2.35. The largest absolute Gasteiger partial charge is 0.456 e. The highest BCUT2D eigenvalue weighted by atomic mass is 16.5. The molecule has 0 radical (unpaired) electrons. The first kappa shape index (κ1) is 10.4. The van der Waals surface area contributed by atoms with Gasteiger partial charge in [0.25, 0.3) is 0 Å². The Morgan fingerprint density at radius 3 is 2.61 bits per heavy atom. The van der Waals surface area contributed by atoms with E-state index in [4.69, 9.17) is 14.6 Å². The van der Waals surface area contributed by atoms with Crippen LogP contribution in [0.1, 0.15) is 24.9 Å². The first-order valence-electron chi connectivity index (χ1n) is 6.30. The molecule has 0 atom stereocenters. The summed E-state index contributed by atoms with van der Waals surface area (Å²) in [6.45, 7) is 2.30. The van der Waals surface area contributed by atoms with Crippen LogP contribution in [0.15, 0.2) is 28.7 Å². The highest BCUT2D eigenvalue weighted by molar-refractivity contribution is 5.82. The number of fused-ring (bicyclic) bond motifs is 1. The lowest BCUT2D eigenvalue weighted by molar-refractivity contribution is -0.0571. The molecular formula is C14H15NO3. The zero-order chi connectivity index (χ0) is 12.3. The van der Waals surface area contributed by atoms with Crippen LogP contribution in [0, 0.1) is 5.41 Å². The Balaban J connectivity index is 1.66. The van der Waals surface area contributed by atoms with Crippen molar-refractivity contribution < 1.29 is 14.6 Å². The molecule has 2 N–H and O–H groups in total. The number of hydrogen-bond acceptors (Lipinski definition) is 4. The summed E-state index contributed by atoms with van der Waals surface area (Å²) < 4.78 is 5.43. The molecular weight excluding hydrogens is 230 g/mol. The summed E-state index contributed by atoms with van der Waals surface area (Å²) in [5, 5.41) is 19.1. The Labute approximate surface area is 104 Å². The fraction of sp³-hybridized carbons (Fsp3) is 0.429. The van der Waals surface area contributed by atoms with Crippen LogP contribution >= 0.6 is 0 Å². The lowest BCUT2D eigenvalue weighted by Gasteiger charge is -2.41. The third-order valence-corrected chi connectivity index (χ3v) is 4.15. The number of benzene rings is 1. The average Bonchev–Trinajstić information content (AvgIpc) is 2.98. The number of hydrogen-bond donors (Lipinski definition) is 2. The number of anilines is 1. The third kappa shape index (κ3) is 1.46. The van der Waals surface area contributed by atoms with Crippen molar-refractivity contribution in [3.63, 3.8) is 0 Å². The predicted molar refractivity (Wildman–Crippen MR) is 67.3 cm³/mol. The molecule has 1 spiro atoms. The molecule has 2 heterocycles. The van der Waals surface area contributed by atoms with E-state index in [9.17, 15) is 0 Å². The Morgan fingerprint density at radius 2 is 1.94 bits per heavy atom. The van der Waals surface area contributed by atoms with Crippen molar-refractivity contribution in [2.75, 3.05) is 18.0 Å². The smallest absolute Gasteiger partial charge is 0.212 e. The van der Waals surface area contributed by atoms with Gasteiger partial charge in [-0.25, -0.2) is 0 Å². The molecule has 2 aliphatic rings. The summed E-state index contributed by atoms with van der Waals surface area (Å²) >= 11 is 0. The maximum absolute atomic E-state index is 9.09. The number of aliphatic hydroxyl groups is 2. The second-order valence-electron chi connectivity index (χ2n) is 5.60. The van der Waals surface area contributed by atoms with Crippen LogP contribution in [0.3, 0.4) is 0 Å². The Hall–Kier alpha value is -1.52. The first-order valence-corrected chi connectivity index (χ1v) is 6.30. The topological polar surface area (TPSA) is 56.8 Å². The quantitative estimate of drug-likeness (QED) is 0.795. The zero-order valence-corrected chi connectivity index (χ0v) is 9.97. The molecule has 0 unspecified atom stereocenters. The van der Waals surface area contributed by atoms with E-state index < -0.39 is 6.29 Å². The van der Waals surface area contributed by atoms with Crippen LogP contribution < -0.4 is 4.90 Å². The summed E-state index contributed by atoms with van der Waals surface area (Å²) in [5.41, 5.74) is 2.51. The minimum Gasteiger partial charge on any atom is -0.456 e. The lowest BCUT2D eigenvalue weighted by Crippen LogP contribution is -2.48. The maximum Gasteiger partial charge on any atom is 0.212 e. The van der Waals surface area contributed by atoms with Gasteiger partial charge in [-0.15, -0.1) is 0 Å². The van der Waals surface area contributed by atoms with Crippen LogP contribution in [-0.4, -0.2) is 23.3 Å². The number of nitrogens with zero attached hydrogens (tertiary/aromatic N) is 1. The zero-order valence-electron chi connectivity index (χ0n) is 9.97. The van der Waals surface area contributed by atoms with Crippen molar-refractivity contribution in [1.82, 2.24) is 0 Å². The number of rotatable bonds is 2. The van der Waals surface area contributed by atoms with Crippen molar-refractivity contribution in [3.8, 4) is 0 Å². The van der Waals surface area contributed by atoms with Gasteiger partial charge in [0.05, 0.1) is 0 Å². The van der Waals surface area contributed by atoms with Gasteiger partial charge in [0, 0.05) is 35.6 Å². The van der Waals surface area contributed by atoms with E-state index in [1.807, 2.05) is 12.1 Å². The third-order valence-electron chi connectivity index (χ3n) is 4.15. The van der Waals surface area contributed by atoms with Crippen LogP contribution in [0.4, 0.5) is 5.69 Å². The highest BCUT2D eigenvalue weighted by Crippen LogP contribution is 2.54. The van der Waals surface area contributed by atoms with Gasteiger partial charge in [-0.1, -0.05) is 0 Å². The van der Waals surface area contributed by atoms with E-state index >= 15 is 0 Å². The minimum absolute atomic E-state index is 0.199. The molecule has 94 valence electrons. The van der Waals surface area contributed by atoms with Crippen molar-refractivity contribution in [2.45, 2.75) is 19.1 Å². The molecule has 1 aliphatic carbocycles. The minimum atomic E-state index is -1.54. The molecule has 4 nitrogen and oxygen atoms in total. The first-order chi connectivity index (χ1) is 8.65. The predicted octanol–water partition coefficient (Wildman–Crippen LogP) is 2.02. The normalized spacial score (nSPS) is 20.7. The van der Waals surface area contributed by atoms with E-state index in [0.29, 0.717) is 11.0 Å². The molecule has 1 aliphatic heterocycles. The standard InChI is InChI=1S/C14H15NO3/c16-13(17)12-5-9-1-2-10(6-11(9)18-12)15-7-14(8-15)3-4-14/h1-2,5-6,13,16-17H,3-4,7-8H2. The molecule has 0 bridgehead atoms. The van der Waals surface area contributed by atoms with Crippen molar-refractivity contribution in [2.24, 2.45) is 5.41 Å². The molecule has 4 rings (SSSR count). The van der Waals surface area contributed by atoms with Gasteiger partial charge >= 0.3 is 0 Å². The molecule has 1 aromatic heterocycles. The molecule has 1 saturated carbocycles. The van der Waals surface area contributed by atoms with Gasteiger partial charge in [-0.2, -0.15) is 0 Å². The lowest BCUT2D eigenvalue weighted by atomic mass is 9.96. The summed E-state index contributed by atoms with van der Waals surface area (Å²) in [7, 11) is 0. The van der Waals surface area contributed by atoms with Crippen LogP contribution in [0.2, 0.25) is 0 Å². The number of aliphatic hydroxyl groups excluding tert-OH is 1. The Kier molecular flexibility index (Phi) is 1.89. The molecule has 2 aromatic rings. The fourth-order valence-electron chi connectivity index (χ4n) is 2.80. The van der Waals surface area contributed by atoms with E-state index in [2.05, 4.69) is 11.0 Å². The van der Waals surface area contributed by atoms with Gasteiger partial charge in [0.15, 0.2) is 5.76 Å². The molecule has 4 heteroatoms. The van der Waals surface area contributed by atoms with Gasteiger partial charge in [-0.3, -0.25) is 0 Å². The maximum atomic E-state index is 9.09.